The molecule has 4 nitrogen and oxygen atoms in total. The summed E-state index contributed by atoms with van der Waals surface area (Å²) >= 11 is 0. The quantitative estimate of drug-likeness (QED) is 0.612. The Kier molecular flexibility index (Phi) is 6.50. The SMILES string of the molecule is CCc1ccc(NC(=O)C2(N)CCN(C(c3ccccc3)c3ccccc3)CC2)cc1. The van der Waals surface area contributed by atoms with Crippen LogP contribution in [-0.2, 0) is 11.2 Å². The number of amides is 1. The fourth-order valence-corrected chi connectivity index (χ4v) is 4.37. The molecule has 0 spiro atoms. The molecule has 1 amide bonds. The molecule has 160 valence electrons. The van der Waals surface area contributed by atoms with Crippen molar-refractivity contribution in [2.24, 2.45) is 5.73 Å². The zero-order valence-electron chi connectivity index (χ0n) is 18.1. The number of nitrogens with zero attached hydrogens (tertiary/aromatic N) is 1. The third-order valence-corrected chi connectivity index (χ3v) is 6.36. The number of carbonyl (C=O) groups excluding carboxylic acids is 1. The highest BCUT2D eigenvalue weighted by atomic mass is 16.2. The van der Waals surface area contributed by atoms with E-state index in [1.807, 2.05) is 36.4 Å². The summed E-state index contributed by atoms with van der Waals surface area (Å²) in [5, 5.41) is 3.03. The highest BCUT2D eigenvalue weighted by Gasteiger charge is 2.39. The largest absolute Gasteiger partial charge is 0.324 e. The Morgan fingerprint density at radius 2 is 1.42 bits per heavy atom. The van der Waals surface area contributed by atoms with Crippen LogP contribution in [0, 0.1) is 0 Å². The lowest BCUT2D eigenvalue weighted by Crippen LogP contribution is -2.58. The molecule has 3 N–H and O–H groups in total. The number of rotatable bonds is 6. The second-order valence-corrected chi connectivity index (χ2v) is 8.42. The molecular formula is C27H31N3O. The Hall–Kier alpha value is -2.95. The van der Waals surface area contributed by atoms with Gasteiger partial charge in [-0.05, 0) is 48.1 Å². The van der Waals surface area contributed by atoms with Gasteiger partial charge in [0.15, 0.2) is 0 Å². The first-order valence-corrected chi connectivity index (χ1v) is 11.1. The van der Waals surface area contributed by atoms with Crippen molar-refractivity contribution in [2.75, 3.05) is 18.4 Å². The smallest absolute Gasteiger partial charge is 0.244 e. The third-order valence-electron chi connectivity index (χ3n) is 6.36. The molecule has 0 saturated carbocycles. The van der Waals surface area contributed by atoms with E-state index in [0.29, 0.717) is 12.8 Å². The van der Waals surface area contributed by atoms with Crippen LogP contribution >= 0.6 is 0 Å². The molecule has 1 fully saturated rings. The molecule has 0 atom stereocenters. The summed E-state index contributed by atoms with van der Waals surface area (Å²) in [6.07, 6.45) is 2.24. The van der Waals surface area contributed by atoms with Gasteiger partial charge in [-0.1, -0.05) is 79.7 Å². The normalized spacial score (nSPS) is 16.2. The van der Waals surface area contributed by atoms with Gasteiger partial charge in [-0.15, -0.1) is 0 Å². The molecule has 31 heavy (non-hydrogen) atoms. The van der Waals surface area contributed by atoms with E-state index in [1.54, 1.807) is 0 Å². The van der Waals surface area contributed by atoms with E-state index in [4.69, 9.17) is 5.73 Å². The highest BCUT2D eigenvalue weighted by molar-refractivity contribution is 5.98. The first-order chi connectivity index (χ1) is 15.1. The Morgan fingerprint density at radius 3 is 1.90 bits per heavy atom. The van der Waals surface area contributed by atoms with Crippen molar-refractivity contribution in [3.63, 3.8) is 0 Å². The summed E-state index contributed by atoms with van der Waals surface area (Å²) in [6, 6.07) is 29.3. The second-order valence-electron chi connectivity index (χ2n) is 8.42. The van der Waals surface area contributed by atoms with Crippen molar-refractivity contribution in [1.29, 1.82) is 0 Å². The zero-order valence-corrected chi connectivity index (χ0v) is 18.1. The molecule has 1 aliphatic heterocycles. The van der Waals surface area contributed by atoms with Crippen molar-refractivity contribution in [3.05, 3.63) is 102 Å². The Balaban J connectivity index is 1.47. The standard InChI is InChI=1S/C27H31N3O/c1-2-21-13-15-24(16-14-21)29-26(31)27(28)17-19-30(20-18-27)25(22-9-5-3-6-10-22)23-11-7-4-8-12-23/h3-16,25H,2,17-20,28H2,1H3,(H,29,31). The molecule has 0 bridgehead atoms. The van der Waals surface area contributed by atoms with E-state index < -0.39 is 5.54 Å². The minimum Gasteiger partial charge on any atom is -0.324 e. The molecule has 4 heteroatoms. The summed E-state index contributed by atoms with van der Waals surface area (Å²) < 4.78 is 0. The molecule has 1 aliphatic rings. The number of benzene rings is 3. The fraction of sp³-hybridized carbons (Fsp3) is 0.296. The lowest BCUT2D eigenvalue weighted by atomic mass is 9.85. The number of carbonyl (C=O) groups is 1. The minimum atomic E-state index is -0.849. The summed E-state index contributed by atoms with van der Waals surface area (Å²) in [5.74, 6) is -0.0904. The average Bonchev–Trinajstić information content (AvgIpc) is 2.82. The van der Waals surface area contributed by atoms with Gasteiger partial charge in [-0.25, -0.2) is 0 Å². The molecule has 0 aromatic heterocycles. The molecule has 1 heterocycles. The second kappa shape index (κ2) is 9.46. The maximum Gasteiger partial charge on any atom is 0.244 e. The van der Waals surface area contributed by atoms with Gasteiger partial charge in [-0.2, -0.15) is 0 Å². The number of nitrogens with two attached hydrogens (primary N) is 1. The van der Waals surface area contributed by atoms with E-state index in [0.717, 1.165) is 25.2 Å². The number of piperidine rings is 1. The fourth-order valence-electron chi connectivity index (χ4n) is 4.37. The average molecular weight is 414 g/mol. The molecule has 4 rings (SSSR count). The van der Waals surface area contributed by atoms with Crippen LogP contribution in [0.15, 0.2) is 84.9 Å². The summed E-state index contributed by atoms with van der Waals surface area (Å²) in [7, 11) is 0. The van der Waals surface area contributed by atoms with Gasteiger partial charge in [-0.3, -0.25) is 9.69 Å². The lowest BCUT2D eigenvalue weighted by molar-refractivity contribution is -0.123. The van der Waals surface area contributed by atoms with E-state index in [1.165, 1.54) is 16.7 Å². The lowest BCUT2D eigenvalue weighted by Gasteiger charge is -2.42. The molecule has 0 radical (unpaired) electrons. The van der Waals surface area contributed by atoms with Gasteiger partial charge in [0.1, 0.15) is 0 Å². The van der Waals surface area contributed by atoms with Crippen molar-refractivity contribution < 1.29 is 4.79 Å². The first kappa shape index (κ1) is 21.3. The molecule has 0 unspecified atom stereocenters. The minimum absolute atomic E-state index is 0.0904. The molecule has 0 aliphatic carbocycles. The van der Waals surface area contributed by atoms with Crippen molar-refractivity contribution in [3.8, 4) is 0 Å². The number of aryl methyl sites for hydroxylation is 1. The van der Waals surface area contributed by atoms with E-state index in [9.17, 15) is 4.79 Å². The van der Waals surface area contributed by atoms with Crippen molar-refractivity contribution in [1.82, 2.24) is 4.90 Å². The van der Waals surface area contributed by atoms with Crippen LogP contribution in [0.5, 0.6) is 0 Å². The number of hydrogen-bond acceptors (Lipinski definition) is 3. The van der Waals surface area contributed by atoms with Crippen molar-refractivity contribution in [2.45, 2.75) is 37.8 Å². The monoisotopic (exact) mass is 413 g/mol. The van der Waals surface area contributed by atoms with E-state index in [-0.39, 0.29) is 11.9 Å². The van der Waals surface area contributed by atoms with Gasteiger partial charge in [0, 0.05) is 18.8 Å². The Labute approximate surface area is 185 Å². The summed E-state index contributed by atoms with van der Waals surface area (Å²) in [6.45, 7) is 3.66. The van der Waals surface area contributed by atoms with Crippen LogP contribution in [0.1, 0.15) is 42.5 Å². The van der Waals surface area contributed by atoms with Crippen LogP contribution in [0.2, 0.25) is 0 Å². The highest BCUT2D eigenvalue weighted by Crippen LogP contribution is 2.33. The van der Waals surface area contributed by atoms with E-state index in [2.05, 4.69) is 65.7 Å². The van der Waals surface area contributed by atoms with Crippen molar-refractivity contribution >= 4 is 11.6 Å². The molecule has 1 saturated heterocycles. The van der Waals surface area contributed by atoms with Gasteiger partial charge in [0.05, 0.1) is 11.6 Å². The molecular weight excluding hydrogens is 382 g/mol. The zero-order chi connectivity index (χ0) is 21.7. The van der Waals surface area contributed by atoms with Crippen LogP contribution in [-0.4, -0.2) is 29.4 Å². The van der Waals surface area contributed by atoms with Crippen LogP contribution in [0.25, 0.3) is 0 Å². The van der Waals surface area contributed by atoms with Gasteiger partial charge in [0.2, 0.25) is 5.91 Å². The molecule has 3 aromatic rings. The molecule has 3 aromatic carbocycles. The van der Waals surface area contributed by atoms with Gasteiger partial charge >= 0.3 is 0 Å². The maximum absolute atomic E-state index is 13.0. The van der Waals surface area contributed by atoms with Crippen LogP contribution in [0.3, 0.4) is 0 Å². The summed E-state index contributed by atoms with van der Waals surface area (Å²) in [5.41, 5.74) is 10.3. The number of anilines is 1. The Morgan fingerprint density at radius 1 is 0.903 bits per heavy atom. The number of nitrogens with one attached hydrogen (secondary N) is 1. The third kappa shape index (κ3) is 4.87. The van der Waals surface area contributed by atoms with Crippen LogP contribution in [0.4, 0.5) is 5.69 Å². The Bertz CT molecular complexity index is 939. The van der Waals surface area contributed by atoms with Gasteiger partial charge < -0.3 is 11.1 Å². The predicted octanol–water partition coefficient (Wildman–Crippen LogP) is 4.77. The number of likely N-dealkylation sites (tertiary alicyclic amines) is 1. The van der Waals surface area contributed by atoms with Gasteiger partial charge in [0.25, 0.3) is 0 Å². The van der Waals surface area contributed by atoms with E-state index >= 15 is 0 Å². The number of hydrogen-bond donors (Lipinski definition) is 2. The first-order valence-electron chi connectivity index (χ1n) is 11.1. The predicted molar refractivity (Wildman–Crippen MR) is 127 cm³/mol. The summed E-state index contributed by atoms with van der Waals surface area (Å²) in [4.78, 5) is 15.4. The van der Waals surface area contributed by atoms with Crippen LogP contribution < -0.4 is 11.1 Å². The maximum atomic E-state index is 13.0. The topological polar surface area (TPSA) is 58.4 Å².